The zero-order valence-corrected chi connectivity index (χ0v) is 19.7. The molecule has 1 aromatic carbocycles. The third kappa shape index (κ3) is 4.60. The van der Waals surface area contributed by atoms with E-state index in [2.05, 4.69) is 15.6 Å². The van der Waals surface area contributed by atoms with Crippen LogP contribution in [0, 0.1) is 24.6 Å². The fraction of sp³-hybridized carbons (Fsp3) is 0.360. The number of benzene rings is 1. The van der Waals surface area contributed by atoms with Crippen molar-refractivity contribution in [2.24, 2.45) is 11.8 Å². The summed E-state index contributed by atoms with van der Waals surface area (Å²) in [6.07, 6.45) is 5.38. The Labute approximate surface area is 205 Å². The maximum Gasteiger partial charge on any atom is 0.270 e. The van der Waals surface area contributed by atoms with Crippen LogP contribution in [-0.4, -0.2) is 39.9 Å². The summed E-state index contributed by atoms with van der Waals surface area (Å²) in [5, 5.41) is 5.94. The van der Waals surface area contributed by atoms with Crippen molar-refractivity contribution in [2.45, 2.75) is 38.3 Å². The van der Waals surface area contributed by atoms with Gasteiger partial charge < -0.3 is 15.4 Å². The number of hydrogen-bond donors (Lipinski definition) is 2. The number of ether oxygens (including phenoxy) is 1. The third-order valence-corrected chi connectivity index (χ3v) is 7.27. The number of nitrogens with zero attached hydrogens (tertiary/aromatic N) is 2. The second-order valence-electron chi connectivity index (χ2n) is 9.17. The monoisotopic (exact) mass is 498 g/mol. The number of aryl methyl sites for hydroxylation is 1. The molecule has 2 fully saturated rings. The Morgan fingerprint density at radius 1 is 1.17 bits per heavy atom. The lowest BCUT2D eigenvalue weighted by Crippen LogP contribution is -2.44. The molecule has 0 bridgehead atoms. The summed E-state index contributed by atoms with van der Waals surface area (Å²) in [7, 11) is 0. The van der Waals surface area contributed by atoms with Crippen LogP contribution in [0.25, 0.3) is 5.65 Å². The first-order valence-corrected chi connectivity index (χ1v) is 11.8. The highest BCUT2D eigenvalue weighted by molar-refractivity contribution is 6.30. The summed E-state index contributed by atoms with van der Waals surface area (Å²) >= 11 is 5.66. The Morgan fingerprint density at radius 2 is 1.91 bits per heavy atom. The Bertz CT molecular complexity index is 1380. The Balaban J connectivity index is 1.20. The molecule has 3 unspecified atom stereocenters. The summed E-state index contributed by atoms with van der Waals surface area (Å²) in [6.45, 7) is 1.64. The van der Waals surface area contributed by atoms with Crippen molar-refractivity contribution in [1.82, 2.24) is 20.0 Å². The lowest BCUT2D eigenvalue weighted by Gasteiger charge is -2.36. The van der Waals surface area contributed by atoms with E-state index in [-0.39, 0.29) is 52.8 Å². The molecule has 2 heterocycles. The molecule has 10 heteroatoms. The molecule has 2 amide bonds. The summed E-state index contributed by atoms with van der Waals surface area (Å²) in [5.41, 5.74) is 1.02. The SMILES string of the molecule is Cc1ccn2c(=O)c(C(=O)NC3C[C@H](NC(=O)COc4ccc(Cl)c(F)c4)C4CCC34)cnc2c1. The highest BCUT2D eigenvalue weighted by atomic mass is 35.5. The molecular formula is C25H24ClFN4O4. The second kappa shape index (κ2) is 9.30. The molecule has 4 atom stereocenters. The van der Waals surface area contributed by atoms with E-state index in [1.54, 1.807) is 18.3 Å². The van der Waals surface area contributed by atoms with E-state index in [1.165, 1.54) is 22.7 Å². The normalized spacial score (nSPS) is 22.8. The molecule has 0 spiro atoms. The van der Waals surface area contributed by atoms with Gasteiger partial charge in [-0.2, -0.15) is 0 Å². The summed E-state index contributed by atoms with van der Waals surface area (Å²) in [4.78, 5) is 42.5. The van der Waals surface area contributed by atoms with Crippen LogP contribution >= 0.6 is 11.6 Å². The molecule has 2 aliphatic carbocycles. The number of carbonyl (C=O) groups is 2. The van der Waals surface area contributed by atoms with Gasteiger partial charge in [0.15, 0.2) is 6.61 Å². The number of halogens is 2. The smallest absolute Gasteiger partial charge is 0.270 e. The predicted molar refractivity (Wildman–Crippen MR) is 127 cm³/mol. The van der Waals surface area contributed by atoms with Gasteiger partial charge in [-0.15, -0.1) is 0 Å². The van der Waals surface area contributed by atoms with Gasteiger partial charge in [-0.05, 0) is 67.9 Å². The number of carbonyl (C=O) groups excluding carboxylic acids is 2. The lowest BCUT2D eigenvalue weighted by atomic mass is 9.73. The van der Waals surface area contributed by atoms with Gasteiger partial charge in [-0.1, -0.05) is 11.6 Å². The quantitative estimate of drug-likeness (QED) is 0.544. The van der Waals surface area contributed by atoms with Crippen LogP contribution in [0.4, 0.5) is 4.39 Å². The molecule has 8 nitrogen and oxygen atoms in total. The molecule has 2 aromatic heterocycles. The van der Waals surface area contributed by atoms with Crippen LogP contribution in [-0.2, 0) is 4.79 Å². The largest absolute Gasteiger partial charge is 0.484 e. The molecule has 0 radical (unpaired) electrons. The minimum atomic E-state index is -0.618. The first kappa shape index (κ1) is 23.3. The number of amides is 2. The maximum atomic E-state index is 13.5. The third-order valence-electron chi connectivity index (χ3n) is 6.96. The van der Waals surface area contributed by atoms with Crippen molar-refractivity contribution in [1.29, 1.82) is 0 Å². The average Bonchev–Trinajstić information content (AvgIpc) is 3.01. The fourth-order valence-electron chi connectivity index (χ4n) is 5.05. The van der Waals surface area contributed by atoms with Gasteiger partial charge in [0.25, 0.3) is 17.4 Å². The average molecular weight is 499 g/mol. The first-order valence-electron chi connectivity index (χ1n) is 11.5. The minimum absolute atomic E-state index is 0.0155. The molecule has 2 N–H and O–H groups in total. The van der Waals surface area contributed by atoms with Gasteiger partial charge in [0, 0.05) is 30.5 Å². The standard InChI is InChI=1S/C25H24ClFN4O4/c1-13-6-7-31-22(8-13)28-11-17(25(31)34)24(33)30-21-10-20(15-3-4-16(15)21)29-23(32)12-35-14-2-5-18(26)19(27)9-14/h2,5-9,11,15-16,20-21H,3-4,10,12H2,1H3,(H,29,32)(H,30,33)/t15?,16?,20-,21?/m0/s1. The molecule has 3 aromatic rings. The van der Waals surface area contributed by atoms with Crippen molar-refractivity contribution in [3.8, 4) is 5.75 Å². The zero-order chi connectivity index (χ0) is 24.7. The molecule has 182 valence electrons. The maximum absolute atomic E-state index is 13.5. The van der Waals surface area contributed by atoms with Crippen LogP contribution in [0.2, 0.25) is 5.02 Å². The highest BCUT2D eigenvalue weighted by Gasteiger charge is 2.49. The number of hydrogen-bond acceptors (Lipinski definition) is 5. The minimum Gasteiger partial charge on any atom is -0.484 e. The second-order valence-corrected chi connectivity index (χ2v) is 9.58. The van der Waals surface area contributed by atoms with Crippen LogP contribution in [0.5, 0.6) is 5.75 Å². The Kier molecular flexibility index (Phi) is 6.19. The number of pyridine rings is 1. The van der Waals surface area contributed by atoms with Gasteiger partial charge in [-0.3, -0.25) is 18.8 Å². The van der Waals surface area contributed by atoms with Gasteiger partial charge >= 0.3 is 0 Å². The topological polar surface area (TPSA) is 102 Å². The lowest BCUT2D eigenvalue weighted by molar-refractivity contribution is -0.124. The summed E-state index contributed by atoms with van der Waals surface area (Å²) in [6, 6.07) is 7.28. The van der Waals surface area contributed by atoms with Gasteiger partial charge in [0.1, 0.15) is 22.8 Å². The number of fused-ring (bicyclic) bond motifs is 2. The van der Waals surface area contributed by atoms with E-state index in [1.807, 2.05) is 6.92 Å². The van der Waals surface area contributed by atoms with Gasteiger partial charge in [0.05, 0.1) is 5.02 Å². The van der Waals surface area contributed by atoms with Crippen LogP contribution in [0.15, 0.2) is 47.5 Å². The van der Waals surface area contributed by atoms with E-state index < -0.39 is 17.3 Å². The number of aromatic nitrogens is 2. The number of nitrogens with one attached hydrogen (secondary N) is 2. The summed E-state index contributed by atoms with van der Waals surface area (Å²) in [5.74, 6) is -0.716. The van der Waals surface area contributed by atoms with Gasteiger partial charge in [0.2, 0.25) is 0 Å². The van der Waals surface area contributed by atoms with Crippen molar-refractivity contribution >= 4 is 29.1 Å². The van der Waals surface area contributed by atoms with Crippen molar-refractivity contribution in [3.63, 3.8) is 0 Å². The van der Waals surface area contributed by atoms with Crippen LogP contribution in [0.1, 0.15) is 35.2 Å². The van der Waals surface area contributed by atoms with Crippen LogP contribution in [0.3, 0.4) is 0 Å². The Morgan fingerprint density at radius 3 is 2.63 bits per heavy atom. The van der Waals surface area contributed by atoms with Crippen molar-refractivity contribution < 1.29 is 18.7 Å². The van der Waals surface area contributed by atoms with E-state index in [4.69, 9.17) is 16.3 Å². The van der Waals surface area contributed by atoms with E-state index in [0.29, 0.717) is 12.1 Å². The Hall–Kier alpha value is -3.46. The fourth-order valence-corrected chi connectivity index (χ4v) is 5.17. The van der Waals surface area contributed by atoms with Crippen molar-refractivity contribution in [2.75, 3.05) is 6.61 Å². The zero-order valence-electron chi connectivity index (χ0n) is 19.0. The number of rotatable bonds is 6. The van der Waals surface area contributed by atoms with E-state index in [9.17, 15) is 18.8 Å². The summed E-state index contributed by atoms with van der Waals surface area (Å²) < 4.78 is 20.3. The first-order chi connectivity index (χ1) is 16.8. The predicted octanol–water partition coefficient (Wildman–Crippen LogP) is 2.89. The molecule has 0 aliphatic heterocycles. The molecule has 35 heavy (non-hydrogen) atoms. The van der Waals surface area contributed by atoms with E-state index in [0.717, 1.165) is 24.5 Å². The molecule has 2 saturated carbocycles. The van der Waals surface area contributed by atoms with Gasteiger partial charge in [-0.25, -0.2) is 9.37 Å². The highest BCUT2D eigenvalue weighted by Crippen LogP contribution is 2.47. The molecular weight excluding hydrogens is 475 g/mol. The van der Waals surface area contributed by atoms with E-state index >= 15 is 0 Å². The molecule has 5 rings (SSSR count). The van der Waals surface area contributed by atoms with Crippen molar-refractivity contribution in [3.05, 3.63) is 75.0 Å². The molecule has 0 saturated heterocycles. The molecule has 2 aliphatic rings. The van der Waals surface area contributed by atoms with Crippen LogP contribution < -0.4 is 20.9 Å².